The molecule has 0 aliphatic rings. The zero-order valence-electron chi connectivity index (χ0n) is 19.0. The van der Waals surface area contributed by atoms with Crippen molar-refractivity contribution >= 4 is 11.9 Å². The van der Waals surface area contributed by atoms with Gasteiger partial charge >= 0.3 is 11.9 Å². The van der Waals surface area contributed by atoms with E-state index in [4.69, 9.17) is 9.84 Å². The highest BCUT2D eigenvalue weighted by Gasteiger charge is 2.22. The van der Waals surface area contributed by atoms with Gasteiger partial charge in [0.15, 0.2) is 0 Å². The summed E-state index contributed by atoms with van der Waals surface area (Å²) in [6.07, 6.45) is 15.5. The quantitative estimate of drug-likeness (QED) is 0.168. The number of carboxylic acids is 1. The topological polar surface area (TPSA) is 83.8 Å². The van der Waals surface area contributed by atoms with Gasteiger partial charge in [-0.15, -0.1) is 0 Å². The van der Waals surface area contributed by atoms with Gasteiger partial charge in [0.1, 0.15) is 6.10 Å². The third-order valence-corrected chi connectivity index (χ3v) is 5.43. The van der Waals surface area contributed by atoms with Crippen LogP contribution in [-0.2, 0) is 14.3 Å². The number of carboxylic acid groups (broad SMARTS) is 1. The smallest absolute Gasteiger partial charge is 0.306 e. The predicted octanol–water partition coefficient (Wildman–Crippen LogP) is 6.41. The zero-order chi connectivity index (χ0) is 21.7. The Morgan fingerprint density at radius 3 is 1.79 bits per heavy atom. The highest BCUT2D eigenvalue weighted by atomic mass is 16.6. The summed E-state index contributed by atoms with van der Waals surface area (Å²) in [6, 6.07) is 0. The maximum absolute atomic E-state index is 12.1. The van der Waals surface area contributed by atoms with Crippen LogP contribution >= 0.6 is 0 Å². The molecular formula is C24H46O5. The van der Waals surface area contributed by atoms with Crippen molar-refractivity contribution in [1.29, 1.82) is 0 Å². The average molecular weight is 415 g/mol. The molecule has 0 aliphatic heterocycles. The monoisotopic (exact) mass is 414 g/mol. The Labute approximate surface area is 178 Å². The maximum Gasteiger partial charge on any atom is 0.306 e. The highest BCUT2D eigenvalue weighted by molar-refractivity contribution is 5.69. The fourth-order valence-corrected chi connectivity index (χ4v) is 3.55. The van der Waals surface area contributed by atoms with Gasteiger partial charge in [0, 0.05) is 12.8 Å². The van der Waals surface area contributed by atoms with Crippen LogP contribution in [0.15, 0.2) is 0 Å². The van der Waals surface area contributed by atoms with Gasteiger partial charge in [0.25, 0.3) is 0 Å². The number of carbonyl (C=O) groups excluding carboxylic acids is 1. The molecule has 0 heterocycles. The molecule has 29 heavy (non-hydrogen) atoms. The standard InChI is InChI=1S/C24H46O5/c1-3-5-7-8-10-14-17-21(25)22(29-24(28)20-13-6-4-2)18-15-11-9-12-16-19-23(26)27/h21-22,25H,3-20H2,1-2H3,(H,26,27). The predicted molar refractivity (Wildman–Crippen MR) is 118 cm³/mol. The molecular weight excluding hydrogens is 368 g/mol. The van der Waals surface area contributed by atoms with Crippen LogP contribution in [0.1, 0.15) is 129 Å². The average Bonchev–Trinajstić information content (AvgIpc) is 2.68. The van der Waals surface area contributed by atoms with E-state index in [1.807, 2.05) is 0 Å². The first kappa shape index (κ1) is 27.9. The minimum Gasteiger partial charge on any atom is -0.481 e. The van der Waals surface area contributed by atoms with Crippen molar-refractivity contribution in [3.63, 3.8) is 0 Å². The highest BCUT2D eigenvalue weighted by Crippen LogP contribution is 2.18. The second kappa shape index (κ2) is 20.2. The number of carbonyl (C=O) groups is 2. The minimum absolute atomic E-state index is 0.188. The second-order valence-electron chi connectivity index (χ2n) is 8.31. The number of rotatable bonds is 21. The molecule has 0 aromatic heterocycles. The fraction of sp³-hybridized carbons (Fsp3) is 0.917. The minimum atomic E-state index is -0.738. The molecule has 0 aromatic carbocycles. The van der Waals surface area contributed by atoms with Crippen LogP contribution in [-0.4, -0.2) is 34.4 Å². The molecule has 2 N–H and O–H groups in total. The maximum atomic E-state index is 12.1. The van der Waals surface area contributed by atoms with Crippen molar-refractivity contribution in [1.82, 2.24) is 0 Å². The molecule has 2 atom stereocenters. The van der Waals surface area contributed by atoms with Gasteiger partial charge in [-0.3, -0.25) is 9.59 Å². The molecule has 0 spiro atoms. The van der Waals surface area contributed by atoms with Crippen LogP contribution in [0.3, 0.4) is 0 Å². The first-order valence-electron chi connectivity index (χ1n) is 12.1. The zero-order valence-corrected chi connectivity index (χ0v) is 19.0. The summed E-state index contributed by atoms with van der Waals surface area (Å²) in [7, 11) is 0. The lowest BCUT2D eigenvalue weighted by molar-refractivity contribution is -0.156. The molecule has 2 unspecified atom stereocenters. The Kier molecular flexibility index (Phi) is 19.4. The van der Waals surface area contributed by atoms with Gasteiger partial charge in [-0.1, -0.05) is 84.5 Å². The van der Waals surface area contributed by atoms with Crippen molar-refractivity contribution < 1.29 is 24.5 Å². The SMILES string of the molecule is CCCCCCCCC(O)C(CCCCCCCC(=O)O)OC(=O)CCCCC. The number of aliphatic hydroxyl groups excluding tert-OH is 1. The molecule has 0 rings (SSSR count). The molecule has 5 heteroatoms. The number of aliphatic hydroxyl groups is 1. The van der Waals surface area contributed by atoms with Crippen molar-refractivity contribution in [3.05, 3.63) is 0 Å². The number of hydrogen-bond donors (Lipinski definition) is 2. The van der Waals surface area contributed by atoms with Crippen molar-refractivity contribution in [2.75, 3.05) is 0 Å². The summed E-state index contributed by atoms with van der Waals surface area (Å²) in [6.45, 7) is 4.31. The number of hydrogen-bond acceptors (Lipinski definition) is 4. The third-order valence-electron chi connectivity index (χ3n) is 5.43. The van der Waals surface area contributed by atoms with Crippen LogP contribution in [0, 0.1) is 0 Å². The van der Waals surface area contributed by atoms with E-state index < -0.39 is 18.2 Å². The molecule has 0 aliphatic carbocycles. The van der Waals surface area contributed by atoms with Gasteiger partial charge in [0.2, 0.25) is 0 Å². The van der Waals surface area contributed by atoms with Crippen LogP contribution in [0.4, 0.5) is 0 Å². The van der Waals surface area contributed by atoms with Crippen molar-refractivity contribution in [3.8, 4) is 0 Å². The Morgan fingerprint density at radius 2 is 1.17 bits per heavy atom. The lowest BCUT2D eigenvalue weighted by Gasteiger charge is -2.23. The summed E-state index contributed by atoms with van der Waals surface area (Å²) >= 11 is 0. The van der Waals surface area contributed by atoms with Gasteiger partial charge in [-0.05, 0) is 32.1 Å². The largest absolute Gasteiger partial charge is 0.481 e. The van der Waals surface area contributed by atoms with E-state index in [1.165, 1.54) is 25.7 Å². The Morgan fingerprint density at radius 1 is 0.690 bits per heavy atom. The van der Waals surface area contributed by atoms with Gasteiger partial charge < -0.3 is 14.9 Å². The van der Waals surface area contributed by atoms with Crippen molar-refractivity contribution in [2.24, 2.45) is 0 Å². The molecule has 0 saturated heterocycles. The van der Waals surface area contributed by atoms with Crippen LogP contribution in [0.2, 0.25) is 0 Å². The number of esters is 1. The normalized spacial score (nSPS) is 13.2. The molecule has 0 saturated carbocycles. The van der Waals surface area contributed by atoms with Crippen molar-refractivity contribution in [2.45, 2.75) is 142 Å². The number of ether oxygens (including phenoxy) is 1. The van der Waals surface area contributed by atoms with E-state index in [0.29, 0.717) is 25.7 Å². The van der Waals surface area contributed by atoms with Gasteiger partial charge in [0.05, 0.1) is 6.10 Å². The van der Waals surface area contributed by atoms with Crippen LogP contribution in [0.5, 0.6) is 0 Å². The summed E-state index contributed by atoms with van der Waals surface area (Å²) in [4.78, 5) is 22.7. The summed E-state index contributed by atoms with van der Waals surface area (Å²) in [5, 5.41) is 19.3. The first-order valence-corrected chi connectivity index (χ1v) is 12.1. The third kappa shape index (κ3) is 18.7. The Bertz CT molecular complexity index is 397. The van der Waals surface area contributed by atoms with E-state index in [2.05, 4.69) is 13.8 Å². The lowest BCUT2D eigenvalue weighted by atomic mass is 9.99. The summed E-state index contributed by atoms with van der Waals surface area (Å²) < 4.78 is 5.65. The van der Waals surface area contributed by atoms with E-state index in [-0.39, 0.29) is 12.4 Å². The molecule has 0 aromatic rings. The van der Waals surface area contributed by atoms with Crippen LogP contribution < -0.4 is 0 Å². The molecule has 172 valence electrons. The molecule has 0 fully saturated rings. The fourth-order valence-electron chi connectivity index (χ4n) is 3.55. The van der Waals surface area contributed by atoms with Gasteiger partial charge in [-0.25, -0.2) is 0 Å². The summed E-state index contributed by atoms with van der Waals surface area (Å²) in [5.74, 6) is -0.926. The van der Waals surface area contributed by atoms with E-state index in [0.717, 1.165) is 57.8 Å². The summed E-state index contributed by atoms with van der Waals surface area (Å²) in [5.41, 5.74) is 0. The first-order chi connectivity index (χ1) is 14.0. The molecule has 0 radical (unpaired) electrons. The van der Waals surface area contributed by atoms with Gasteiger partial charge in [-0.2, -0.15) is 0 Å². The second-order valence-corrected chi connectivity index (χ2v) is 8.31. The number of aliphatic carboxylic acids is 1. The van der Waals surface area contributed by atoms with E-state index in [9.17, 15) is 14.7 Å². The Balaban J connectivity index is 4.22. The number of unbranched alkanes of at least 4 members (excludes halogenated alkanes) is 11. The lowest BCUT2D eigenvalue weighted by Crippen LogP contribution is -2.31. The molecule has 0 bridgehead atoms. The van der Waals surface area contributed by atoms with E-state index >= 15 is 0 Å². The Hall–Kier alpha value is -1.10. The molecule has 5 nitrogen and oxygen atoms in total. The van der Waals surface area contributed by atoms with E-state index in [1.54, 1.807) is 0 Å². The molecule has 0 amide bonds. The van der Waals surface area contributed by atoms with Crippen LogP contribution in [0.25, 0.3) is 0 Å².